The lowest BCUT2D eigenvalue weighted by Crippen LogP contribution is -2.21. The zero-order valence-electron chi connectivity index (χ0n) is 13.6. The Morgan fingerprint density at radius 3 is 2.60 bits per heavy atom. The van der Waals surface area contributed by atoms with Crippen molar-refractivity contribution in [3.63, 3.8) is 0 Å². The Kier molecular flexibility index (Phi) is 5.14. The number of benzene rings is 3. The maximum Gasteiger partial charge on any atom is 0.339 e. The first-order valence-corrected chi connectivity index (χ1v) is 8.55. The van der Waals surface area contributed by atoms with Crippen molar-refractivity contribution in [3.8, 4) is 0 Å². The lowest BCUT2D eigenvalue weighted by molar-refractivity contribution is -0.119. The fraction of sp³-hybridized carbons (Fsp3) is 0.100. The number of nitrogens with one attached hydrogen (secondary N) is 1. The molecule has 3 aromatic carbocycles. The van der Waals surface area contributed by atoms with Crippen LogP contribution in [0.15, 0.2) is 65.1 Å². The number of anilines is 1. The molecule has 0 aromatic heterocycles. The van der Waals surface area contributed by atoms with Crippen LogP contribution >= 0.6 is 15.9 Å². The van der Waals surface area contributed by atoms with Crippen LogP contribution in [-0.4, -0.2) is 18.5 Å². The number of amides is 1. The number of carbonyl (C=O) groups is 2. The molecule has 3 aromatic rings. The Balaban J connectivity index is 1.65. The van der Waals surface area contributed by atoms with Gasteiger partial charge in [0.1, 0.15) is 0 Å². The van der Waals surface area contributed by atoms with Crippen LogP contribution in [-0.2, 0) is 9.53 Å². The summed E-state index contributed by atoms with van der Waals surface area (Å²) >= 11 is 3.41. The Labute approximate surface area is 153 Å². The number of ether oxygens (including phenoxy) is 1. The van der Waals surface area contributed by atoms with E-state index >= 15 is 0 Å². The number of fused-ring (bicyclic) bond motifs is 1. The summed E-state index contributed by atoms with van der Waals surface area (Å²) in [6.45, 7) is 1.59. The van der Waals surface area contributed by atoms with E-state index in [-0.39, 0.29) is 12.5 Å². The lowest BCUT2D eigenvalue weighted by Gasteiger charge is -2.09. The van der Waals surface area contributed by atoms with E-state index < -0.39 is 5.97 Å². The minimum atomic E-state index is -0.515. The molecular formula is C20H16BrNO3. The Bertz CT molecular complexity index is 947. The van der Waals surface area contributed by atoms with Crippen molar-refractivity contribution < 1.29 is 14.3 Å². The first-order valence-electron chi connectivity index (χ1n) is 7.75. The maximum atomic E-state index is 12.3. The van der Waals surface area contributed by atoms with Crippen molar-refractivity contribution in [1.29, 1.82) is 0 Å². The van der Waals surface area contributed by atoms with Gasteiger partial charge in [0.15, 0.2) is 6.61 Å². The monoisotopic (exact) mass is 397 g/mol. The van der Waals surface area contributed by atoms with Gasteiger partial charge in [-0.2, -0.15) is 0 Å². The van der Waals surface area contributed by atoms with E-state index in [2.05, 4.69) is 21.2 Å². The summed E-state index contributed by atoms with van der Waals surface area (Å²) in [6.07, 6.45) is 0. The molecule has 0 bridgehead atoms. The lowest BCUT2D eigenvalue weighted by atomic mass is 10.1. The molecule has 0 heterocycles. The average molecular weight is 398 g/mol. The van der Waals surface area contributed by atoms with Crippen molar-refractivity contribution in [1.82, 2.24) is 0 Å². The summed E-state index contributed by atoms with van der Waals surface area (Å²) in [4.78, 5) is 24.3. The molecule has 0 fully saturated rings. The quantitative estimate of drug-likeness (QED) is 0.648. The molecule has 126 valence electrons. The number of esters is 1. The minimum Gasteiger partial charge on any atom is -0.452 e. The Morgan fingerprint density at radius 1 is 1.04 bits per heavy atom. The second kappa shape index (κ2) is 7.49. The van der Waals surface area contributed by atoms with Gasteiger partial charge in [-0.1, -0.05) is 52.3 Å². The van der Waals surface area contributed by atoms with Gasteiger partial charge in [-0.3, -0.25) is 4.79 Å². The molecule has 1 N–H and O–H groups in total. The van der Waals surface area contributed by atoms with E-state index in [0.29, 0.717) is 11.3 Å². The van der Waals surface area contributed by atoms with E-state index in [0.717, 1.165) is 20.8 Å². The van der Waals surface area contributed by atoms with Crippen molar-refractivity contribution in [2.45, 2.75) is 6.92 Å². The van der Waals surface area contributed by atoms with Crippen molar-refractivity contribution in [3.05, 3.63) is 76.3 Å². The predicted molar refractivity (Wildman–Crippen MR) is 102 cm³/mol. The van der Waals surface area contributed by atoms with Gasteiger partial charge in [0.05, 0.1) is 5.56 Å². The molecular weight excluding hydrogens is 382 g/mol. The molecule has 0 aliphatic carbocycles. The number of hydrogen-bond acceptors (Lipinski definition) is 3. The molecule has 4 nitrogen and oxygen atoms in total. The fourth-order valence-corrected chi connectivity index (χ4v) is 2.78. The summed E-state index contributed by atoms with van der Waals surface area (Å²) in [5.74, 6) is -0.894. The first kappa shape index (κ1) is 17.2. The van der Waals surface area contributed by atoms with Crippen LogP contribution in [0.2, 0.25) is 0 Å². The van der Waals surface area contributed by atoms with Gasteiger partial charge in [0.25, 0.3) is 5.91 Å². The van der Waals surface area contributed by atoms with Crippen molar-refractivity contribution in [2.24, 2.45) is 0 Å². The van der Waals surface area contributed by atoms with Crippen LogP contribution in [0.3, 0.4) is 0 Å². The highest BCUT2D eigenvalue weighted by Crippen LogP contribution is 2.21. The molecule has 25 heavy (non-hydrogen) atoms. The van der Waals surface area contributed by atoms with Crippen LogP contribution < -0.4 is 5.32 Å². The van der Waals surface area contributed by atoms with Gasteiger partial charge in [-0.05, 0) is 47.5 Å². The molecule has 0 unspecified atom stereocenters. The zero-order valence-corrected chi connectivity index (χ0v) is 15.2. The van der Waals surface area contributed by atoms with E-state index in [9.17, 15) is 9.59 Å². The van der Waals surface area contributed by atoms with Gasteiger partial charge in [-0.25, -0.2) is 4.79 Å². The minimum absolute atomic E-state index is 0.336. The van der Waals surface area contributed by atoms with Gasteiger partial charge in [0, 0.05) is 10.2 Å². The standard InChI is InChI=1S/C20H16BrNO3/c1-13-11-15(9-10-18(13)21)22-19(23)12-25-20(24)17-8-4-6-14-5-2-3-7-16(14)17/h2-11H,12H2,1H3,(H,22,23). The van der Waals surface area contributed by atoms with Gasteiger partial charge < -0.3 is 10.1 Å². The van der Waals surface area contributed by atoms with E-state index in [1.165, 1.54) is 0 Å². The van der Waals surface area contributed by atoms with E-state index in [1.807, 2.05) is 49.4 Å². The summed E-state index contributed by atoms with van der Waals surface area (Å²) in [5, 5.41) is 4.47. The number of aryl methyl sites for hydroxylation is 1. The second-order valence-electron chi connectivity index (χ2n) is 5.61. The molecule has 0 aliphatic heterocycles. The third-order valence-electron chi connectivity index (χ3n) is 3.79. The van der Waals surface area contributed by atoms with Gasteiger partial charge in [0.2, 0.25) is 0 Å². The van der Waals surface area contributed by atoms with Crippen LogP contribution in [0.5, 0.6) is 0 Å². The van der Waals surface area contributed by atoms with Crippen molar-refractivity contribution in [2.75, 3.05) is 11.9 Å². The van der Waals surface area contributed by atoms with E-state index in [1.54, 1.807) is 18.2 Å². The predicted octanol–water partition coefficient (Wildman–Crippen LogP) is 4.71. The van der Waals surface area contributed by atoms with Gasteiger partial charge in [-0.15, -0.1) is 0 Å². The highest BCUT2D eigenvalue weighted by atomic mass is 79.9. The van der Waals surface area contributed by atoms with Crippen LogP contribution in [0.25, 0.3) is 10.8 Å². The second-order valence-corrected chi connectivity index (χ2v) is 6.47. The molecule has 0 saturated carbocycles. The number of hydrogen-bond donors (Lipinski definition) is 1. The first-order chi connectivity index (χ1) is 12.0. The number of rotatable bonds is 4. The fourth-order valence-electron chi connectivity index (χ4n) is 2.53. The third-order valence-corrected chi connectivity index (χ3v) is 4.68. The summed E-state index contributed by atoms with van der Waals surface area (Å²) in [6, 6.07) is 18.4. The molecule has 0 saturated heterocycles. The molecule has 0 radical (unpaired) electrons. The van der Waals surface area contributed by atoms with Crippen LogP contribution in [0, 0.1) is 6.92 Å². The molecule has 3 rings (SSSR count). The van der Waals surface area contributed by atoms with Crippen molar-refractivity contribution >= 4 is 44.3 Å². The van der Waals surface area contributed by atoms with E-state index in [4.69, 9.17) is 4.74 Å². The largest absolute Gasteiger partial charge is 0.452 e. The number of carbonyl (C=O) groups excluding carboxylic acids is 2. The zero-order chi connectivity index (χ0) is 17.8. The molecule has 1 amide bonds. The average Bonchev–Trinajstić information content (AvgIpc) is 2.62. The SMILES string of the molecule is Cc1cc(NC(=O)COC(=O)c2cccc3ccccc23)ccc1Br. The third kappa shape index (κ3) is 4.06. The van der Waals surface area contributed by atoms with Gasteiger partial charge >= 0.3 is 5.97 Å². The van der Waals surface area contributed by atoms with Crippen LogP contribution in [0.4, 0.5) is 5.69 Å². The topological polar surface area (TPSA) is 55.4 Å². The maximum absolute atomic E-state index is 12.3. The molecule has 0 spiro atoms. The van der Waals surface area contributed by atoms with Crippen LogP contribution in [0.1, 0.15) is 15.9 Å². The molecule has 0 atom stereocenters. The summed E-state index contributed by atoms with van der Waals surface area (Å²) in [5.41, 5.74) is 2.11. The smallest absolute Gasteiger partial charge is 0.339 e. The molecule has 0 aliphatic rings. The summed E-state index contributed by atoms with van der Waals surface area (Å²) in [7, 11) is 0. The summed E-state index contributed by atoms with van der Waals surface area (Å²) < 4.78 is 6.13. The molecule has 5 heteroatoms. The normalized spacial score (nSPS) is 10.5. The Hall–Kier alpha value is -2.66. The highest BCUT2D eigenvalue weighted by Gasteiger charge is 2.13. The Morgan fingerprint density at radius 2 is 1.80 bits per heavy atom. The highest BCUT2D eigenvalue weighted by molar-refractivity contribution is 9.10. The number of halogens is 1.